The average Bonchev–Trinajstić information content (AvgIpc) is 3.22. The topological polar surface area (TPSA) is 81.8 Å². The second-order valence-electron chi connectivity index (χ2n) is 18.0. The monoisotopic (exact) mass is 573 g/mol. The second kappa shape index (κ2) is 10.2. The molecule has 5 rings (SSSR count). The lowest BCUT2D eigenvalue weighted by Gasteiger charge is -2.70. The van der Waals surface area contributed by atoms with Crippen LogP contribution in [0.25, 0.3) is 0 Å². The maximum absolute atomic E-state index is 13.0. The van der Waals surface area contributed by atoms with Gasteiger partial charge in [0.15, 0.2) is 0 Å². The predicted octanol–water partition coefficient (Wildman–Crippen LogP) is 7.67. The lowest BCUT2D eigenvalue weighted by molar-refractivity contribution is -0.259. The first-order valence-corrected chi connectivity index (χ1v) is 17.2. The molecule has 5 heteroatoms. The zero-order valence-corrected chi connectivity index (χ0v) is 28.1. The van der Waals surface area contributed by atoms with E-state index in [-0.39, 0.29) is 57.0 Å². The van der Waals surface area contributed by atoms with Crippen molar-refractivity contribution >= 4 is 5.97 Å². The molecule has 1 aliphatic heterocycles. The summed E-state index contributed by atoms with van der Waals surface area (Å²) in [6, 6.07) is -0.546. The predicted molar refractivity (Wildman–Crippen MR) is 165 cm³/mol. The van der Waals surface area contributed by atoms with Gasteiger partial charge in [-0.05, 0) is 137 Å². The van der Waals surface area contributed by atoms with Crippen LogP contribution in [-0.2, 0) is 14.3 Å². The van der Waals surface area contributed by atoms with E-state index in [0.29, 0.717) is 30.1 Å². The summed E-state index contributed by atoms with van der Waals surface area (Å²) in [5.74, 6) is 1.74. The number of esters is 1. The summed E-state index contributed by atoms with van der Waals surface area (Å²) in [6.07, 6.45) is 11.2. The first-order valence-electron chi connectivity index (χ1n) is 17.2. The van der Waals surface area contributed by atoms with Crippen molar-refractivity contribution < 1.29 is 19.4 Å². The molecule has 0 radical (unpaired) electrons. The third-order valence-electron chi connectivity index (χ3n) is 14.4. The summed E-state index contributed by atoms with van der Waals surface area (Å²) in [5, 5.41) is 12.1. The fraction of sp³-hybridized carbons (Fsp3) is 0.972. The van der Waals surface area contributed by atoms with E-state index < -0.39 is 6.04 Å². The third kappa shape index (κ3) is 4.85. The van der Waals surface area contributed by atoms with Crippen LogP contribution in [0, 0.1) is 51.2 Å². The van der Waals surface area contributed by atoms with Crippen molar-refractivity contribution in [3.8, 4) is 0 Å². The van der Waals surface area contributed by atoms with Crippen molar-refractivity contribution in [2.45, 2.75) is 169 Å². The molecule has 11 atom stereocenters. The maximum Gasteiger partial charge on any atom is 0.323 e. The number of aliphatic hydroxyl groups excluding tert-OH is 1. The molecule has 0 bridgehead atoms. The van der Waals surface area contributed by atoms with Gasteiger partial charge in [0.25, 0.3) is 0 Å². The van der Waals surface area contributed by atoms with Gasteiger partial charge in [-0.3, -0.25) is 4.79 Å². The van der Waals surface area contributed by atoms with E-state index in [1.54, 1.807) is 0 Å². The Morgan fingerprint density at radius 1 is 0.902 bits per heavy atom. The molecule has 236 valence electrons. The van der Waals surface area contributed by atoms with Crippen molar-refractivity contribution in [1.29, 1.82) is 0 Å². The molecule has 3 N–H and O–H groups in total. The normalized spacial score (nSPS) is 49.5. The lowest BCUT2D eigenvalue weighted by Crippen LogP contribution is -2.67. The van der Waals surface area contributed by atoms with Crippen LogP contribution >= 0.6 is 0 Å². The Balaban J connectivity index is 1.40. The fourth-order valence-electron chi connectivity index (χ4n) is 12.3. The first-order chi connectivity index (χ1) is 18.8. The molecule has 0 aromatic rings. The third-order valence-corrected chi connectivity index (χ3v) is 14.4. The van der Waals surface area contributed by atoms with Crippen LogP contribution in [-0.4, -0.2) is 40.5 Å². The Kier molecular flexibility index (Phi) is 7.90. The van der Waals surface area contributed by atoms with Gasteiger partial charge in [0.2, 0.25) is 0 Å². The maximum atomic E-state index is 13.0. The van der Waals surface area contributed by atoms with E-state index >= 15 is 0 Å². The van der Waals surface area contributed by atoms with Crippen LogP contribution in [0.15, 0.2) is 0 Å². The standard InChI is InChI=1S/C36H63NO4/c1-22(2)20-24(37)30(39)40-28-14-17-33(7)26(32(28,5)6)13-19-34(8)27(33)21-25(38)29-23(12-18-35(29,34)9)36(10)16-11-15-31(3,4)41-36/h22-29,38H,11-21,37H2,1-10H3/t23-,24?,25+,26-,27+,28-,29-,33-,34+,35+,36+/m0/s1. The largest absolute Gasteiger partial charge is 0.461 e. The second-order valence-corrected chi connectivity index (χ2v) is 18.0. The van der Waals surface area contributed by atoms with Gasteiger partial charge in [-0.1, -0.05) is 48.5 Å². The molecule has 5 fully saturated rings. The van der Waals surface area contributed by atoms with Gasteiger partial charge in [0, 0.05) is 5.41 Å². The van der Waals surface area contributed by atoms with E-state index in [2.05, 4.69) is 69.2 Å². The number of carbonyl (C=O) groups is 1. The van der Waals surface area contributed by atoms with Gasteiger partial charge >= 0.3 is 5.97 Å². The van der Waals surface area contributed by atoms with Crippen LogP contribution in [0.3, 0.4) is 0 Å². The molecular formula is C36H63NO4. The molecule has 5 nitrogen and oxygen atoms in total. The molecule has 41 heavy (non-hydrogen) atoms. The number of fused-ring (bicyclic) bond motifs is 5. The van der Waals surface area contributed by atoms with Crippen LogP contribution < -0.4 is 5.73 Å². The zero-order valence-electron chi connectivity index (χ0n) is 28.1. The minimum Gasteiger partial charge on any atom is -0.461 e. The van der Waals surface area contributed by atoms with Crippen LogP contribution in [0.2, 0.25) is 0 Å². The zero-order chi connectivity index (χ0) is 30.4. The number of ether oxygens (including phenoxy) is 2. The van der Waals surface area contributed by atoms with Crippen LogP contribution in [0.1, 0.15) is 140 Å². The molecule has 5 aliphatic rings. The Labute approximate surface area is 251 Å². The van der Waals surface area contributed by atoms with E-state index in [1.807, 2.05) is 0 Å². The molecule has 4 aliphatic carbocycles. The van der Waals surface area contributed by atoms with E-state index in [4.69, 9.17) is 15.2 Å². The highest BCUT2D eigenvalue weighted by molar-refractivity contribution is 5.75. The van der Waals surface area contributed by atoms with Gasteiger partial charge in [-0.2, -0.15) is 0 Å². The minimum absolute atomic E-state index is 0.0873. The highest BCUT2D eigenvalue weighted by Crippen LogP contribution is 2.76. The Hall–Kier alpha value is -0.650. The number of hydrogen-bond acceptors (Lipinski definition) is 5. The molecule has 4 saturated carbocycles. The summed E-state index contributed by atoms with van der Waals surface area (Å²) in [7, 11) is 0. The van der Waals surface area contributed by atoms with E-state index in [0.717, 1.165) is 44.9 Å². The molecule has 0 amide bonds. The lowest BCUT2D eigenvalue weighted by atomic mass is 9.35. The highest BCUT2D eigenvalue weighted by Gasteiger charge is 2.72. The number of rotatable bonds is 5. The number of hydrogen-bond donors (Lipinski definition) is 2. The molecule has 1 saturated heterocycles. The molecule has 0 aromatic heterocycles. The summed E-state index contributed by atoms with van der Waals surface area (Å²) in [5.41, 5.74) is 6.26. The summed E-state index contributed by atoms with van der Waals surface area (Å²) >= 11 is 0. The average molecular weight is 574 g/mol. The number of aliphatic hydroxyl groups is 1. The quantitative estimate of drug-likeness (QED) is 0.330. The summed E-state index contributed by atoms with van der Waals surface area (Å²) < 4.78 is 13.1. The number of nitrogens with two attached hydrogens (primary N) is 1. The van der Waals surface area contributed by atoms with Crippen molar-refractivity contribution in [1.82, 2.24) is 0 Å². The summed E-state index contributed by atoms with van der Waals surface area (Å²) in [4.78, 5) is 13.0. The molecule has 1 heterocycles. The van der Waals surface area contributed by atoms with Gasteiger partial charge in [0.05, 0.1) is 17.3 Å². The van der Waals surface area contributed by atoms with Gasteiger partial charge in [0.1, 0.15) is 12.1 Å². The van der Waals surface area contributed by atoms with Crippen LogP contribution in [0.4, 0.5) is 0 Å². The van der Waals surface area contributed by atoms with E-state index in [1.165, 1.54) is 19.3 Å². The van der Waals surface area contributed by atoms with Gasteiger partial charge < -0.3 is 20.3 Å². The fourth-order valence-corrected chi connectivity index (χ4v) is 12.3. The minimum atomic E-state index is -0.546. The SMILES string of the molecule is CC(C)CC(N)C(=O)O[C@H]1CC[C@]2(C)[C@H]3C[C@@H](O)[C@@H]4[C@@H]([C@@]5(C)CCCC(C)(C)O5)CC[C@@]4(C)[C@]3(C)CC[C@H]2C1(C)C. The Bertz CT molecular complexity index is 1010. The smallest absolute Gasteiger partial charge is 0.323 e. The molecule has 0 aromatic carbocycles. The molecular weight excluding hydrogens is 510 g/mol. The molecule has 0 spiro atoms. The molecule has 1 unspecified atom stereocenters. The van der Waals surface area contributed by atoms with E-state index in [9.17, 15) is 9.90 Å². The van der Waals surface area contributed by atoms with Crippen molar-refractivity contribution in [3.05, 3.63) is 0 Å². The Morgan fingerprint density at radius 2 is 1.56 bits per heavy atom. The number of carbonyl (C=O) groups excluding carboxylic acids is 1. The Morgan fingerprint density at radius 3 is 2.20 bits per heavy atom. The van der Waals surface area contributed by atoms with Crippen molar-refractivity contribution in [2.24, 2.45) is 57.0 Å². The highest BCUT2D eigenvalue weighted by atomic mass is 16.5. The van der Waals surface area contributed by atoms with Gasteiger partial charge in [-0.25, -0.2) is 0 Å². The van der Waals surface area contributed by atoms with Crippen molar-refractivity contribution in [3.63, 3.8) is 0 Å². The summed E-state index contributed by atoms with van der Waals surface area (Å²) in [6.45, 7) is 23.4. The van der Waals surface area contributed by atoms with Gasteiger partial charge in [-0.15, -0.1) is 0 Å². The van der Waals surface area contributed by atoms with Crippen molar-refractivity contribution in [2.75, 3.05) is 0 Å². The first kappa shape index (κ1) is 31.8. The van der Waals surface area contributed by atoms with Crippen LogP contribution in [0.5, 0.6) is 0 Å².